The number of carbonyl (C=O) groups is 2. The van der Waals surface area contributed by atoms with E-state index >= 15 is 0 Å². The number of carboxylic acids is 1. The minimum atomic E-state index is -2.80. The Morgan fingerprint density at radius 1 is 1.03 bits per heavy atom. The number of carboxylic acid groups (broad SMARTS) is 1. The summed E-state index contributed by atoms with van der Waals surface area (Å²) in [4.78, 5) is 25.2. The van der Waals surface area contributed by atoms with E-state index in [9.17, 15) is 23.5 Å². The van der Waals surface area contributed by atoms with Gasteiger partial charge in [0.1, 0.15) is 12.4 Å². The van der Waals surface area contributed by atoms with Crippen LogP contribution in [-0.2, 0) is 25.4 Å². The molecule has 1 aromatic carbocycles. The molecule has 1 rings (SSSR count). The van der Waals surface area contributed by atoms with Gasteiger partial charge in [-0.2, -0.15) is 0 Å². The molecule has 1 amide bonds. The standard InChI is InChI=1S/C25H39F2NO7/c1-6-33-21(22(29)30)17-19-7-9-20(10-8-19)34-16-13-28(23(31)35-18-24(2,3)4)12-15-32-14-11-25(5,26)27/h7-10,21H,6,11-18H2,1-5H3,(H,29,30). The molecule has 1 aromatic rings. The first-order valence-corrected chi connectivity index (χ1v) is 11.7. The van der Waals surface area contributed by atoms with Gasteiger partial charge < -0.3 is 29.0 Å². The van der Waals surface area contributed by atoms with E-state index in [0.717, 1.165) is 12.5 Å². The summed E-state index contributed by atoms with van der Waals surface area (Å²) in [7, 11) is 0. The molecule has 8 nitrogen and oxygen atoms in total. The predicted octanol–water partition coefficient (Wildman–Crippen LogP) is 4.64. The number of carbonyl (C=O) groups excluding carboxylic acids is 1. The lowest BCUT2D eigenvalue weighted by Gasteiger charge is -2.25. The van der Waals surface area contributed by atoms with Crippen molar-refractivity contribution < 1.29 is 42.4 Å². The molecule has 0 aliphatic heterocycles. The number of rotatable bonds is 16. The minimum absolute atomic E-state index is 0.0972. The van der Waals surface area contributed by atoms with Gasteiger partial charge in [0.25, 0.3) is 0 Å². The van der Waals surface area contributed by atoms with Crippen molar-refractivity contribution in [3.05, 3.63) is 29.8 Å². The number of aliphatic carboxylic acids is 1. The first-order valence-electron chi connectivity index (χ1n) is 11.7. The van der Waals surface area contributed by atoms with Crippen molar-refractivity contribution in [2.45, 2.75) is 59.5 Å². The molecule has 200 valence electrons. The second-order valence-electron chi connectivity index (χ2n) is 9.51. The van der Waals surface area contributed by atoms with Crippen LogP contribution in [0.2, 0.25) is 0 Å². The molecule has 0 aliphatic rings. The third-order valence-corrected chi connectivity index (χ3v) is 4.70. The van der Waals surface area contributed by atoms with Crippen LogP contribution in [0.25, 0.3) is 0 Å². The Labute approximate surface area is 206 Å². The van der Waals surface area contributed by atoms with Crippen LogP contribution in [0.4, 0.5) is 13.6 Å². The molecule has 10 heteroatoms. The third-order valence-electron chi connectivity index (χ3n) is 4.70. The van der Waals surface area contributed by atoms with E-state index in [2.05, 4.69) is 0 Å². The van der Waals surface area contributed by atoms with Crippen molar-refractivity contribution >= 4 is 12.1 Å². The lowest BCUT2D eigenvalue weighted by atomic mass is 9.99. The predicted molar refractivity (Wildman–Crippen MR) is 127 cm³/mol. The van der Waals surface area contributed by atoms with Crippen molar-refractivity contribution in [1.29, 1.82) is 0 Å². The molecule has 0 saturated carbocycles. The highest BCUT2D eigenvalue weighted by Gasteiger charge is 2.22. The zero-order chi connectivity index (χ0) is 26.5. The highest BCUT2D eigenvalue weighted by Crippen LogP contribution is 2.17. The highest BCUT2D eigenvalue weighted by atomic mass is 19.3. The largest absolute Gasteiger partial charge is 0.492 e. The molecule has 0 fully saturated rings. The quantitative estimate of drug-likeness (QED) is 0.328. The van der Waals surface area contributed by atoms with Crippen molar-refractivity contribution in [3.8, 4) is 5.75 Å². The zero-order valence-corrected chi connectivity index (χ0v) is 21.4. The van der Waals surface area contributed by atoms with E-state index in [0.29, 0.717) is 12.4 Å². The molecule has 0 aromatic heterocycles. The Morgan fingerprint density at radius 2 is 1.66 bits per heavy atom. The molecule has 0 saturated heterocycles. The van der Waals surface area contributed by atoms with Gasteiger partial charge in [0.2, 0.25) is 5.92 Å². The Balaban J connectivity index is 2.59. The van der Waals surface area contributed by atoms with E-state index < -0.39 is 30.5 Å². The van der Waals surface area contributed by atoms with Gasteiger partial charge in [-0.05, 0) is 37.0 Å². The molecule has 0 bridgehead atoms. The number of amides is 1. The van der Waals surface area contributed by atoms with E-state index in [4.69, 9.17) is 18.9 Å². The summed E-state index contributed by atoms with van der Waals surface area (Å²) in [6.45, 7) is 9.49. The summed E-state index contributed by atoms with van der Waals surface area (Å²) in [6, 6.07) is 6.96. The van der Waals surface area contributed by atoms with Crippen molar-refractivity contribution in [2.24, 2.45) is 5.41 Å². The summed E-state index contributed by atoms with van der Waals surface area (Å²) in [5, 5.41) is 9.21. The van der Waals surface area contributed by atoms with E-state index in [1.807, 2.05) is 20.8 Å². The summed E-state index contributed by atoms with van der Waals surface area (Å²) < 4.78 is 47.4. The molecule has 1 atom stereocenters. The smallest absolute Gasteiger partial charge is 0.409 e. The van der Waals surface area contributed by atoms with Crippen molar-refractivity contribution in [1.82, 2.24) is 4.90 Å². The summed E-state index contributed by atoms with van der Waals surface area (Å²) in [5.74, 6) is -3.26. The van der Waals surface area contributed by atoms with E-state index in [-0.39, 0.29) is 51.4 Å². The average Bonchev–Trinajstić information content (AvgIpc) is 2.75. The lowest BCUT2D eigenvalue weighted by Crippen LogP contribution is -2.38. The van der Waals surface area contributed by atoms with Crippen LogP contribution in [0, 0.1) is 5.41 Å². The number of halogens is 2. The lowest BCUT2D eigenvalue weighted by molar-refractivity contribution is -0.149. The van der Waals surface area contributed by atoms with Crippen molar-refractivity contribution in [3.63, 3.8) is 0 Å². The van der Waals surface area contributed by atoms with E-state index in [1.54, 1.807) is 31.2 Å². The molecule has 0 heterocycles. The summed E-state index contributed by atoms with van der Waals surface area (Å²) >= 11 is 0. The Bertz CT molecular complexity index is 761. The van der Waals surface area contributed by atoms with Crippen LogP contribution in [0.1, 0.15) is 46.6 Å². The summed E-state index contributed by atoms with van der Waals surface area (Å²) in [5.41, 5.74) is 0.588. The zero-order valence-electron chi connectivity index (χ0n) is 21.4. The number of hydrogen-bond donors (Lipinski definition) is 1. The van der Waals surface area contributed by atoms with Gasteiger partial charge in [0, 0.05) is 26.0 Å². The number of benzene rings is 1. The first-order chi connectivity index (χ1) is 16.3. The van der Waals surface area contributed by atoms with Gasteiger partial charge in [0.05, 0.1) is 26.4 Å². The van der Waals surface area contributed by atoms with E-state index in [1.165, 1.54) is 4.90 Å². The molecular formula is C25H39F2NO7. The minimum Gasteiger partial charge on any atom is -0.492 e. The highest BCUT2D eigenvalue weighted by molar-refractivity contribution is 5.72. The molecule has 0 aliphatic carbocycles. The van der Waals surface area contributed by atoms with Crippen molar-refractivity contribution in [2.75, 3.05) is 46.1 Å². The molecular weight excluding hydrogens is 464 g/mol. The number of ether oxygens (including phenoxy) is 4. The second-order valence-corrected chi connectivity index (χ2v) is 9.51. The normalized spacial score (nSPS) is 12.8. The Kier molecular flexibility index (Phi) is 13.0. The van der Waals surface area contributed by atoms with Crippen LogP contribution in [0.5, 0.6) is 5.75 Å². The topological polar surface area (TPSA) is 94.5 Å². The van der Waals surface area contributed by atoms with Gasteiger partial charge >= 0.3 is 12.1 Å². The van der Waals surface area contributed by atoms with Gasteiger partial charge in [-0.15, -0.1) is 0 Å². The van der Waals surface area contributed by atoms with Crippen LogP contribution >= 0.6 is 0 Å². The molecule has 0 spiro atoms. The van der Waals surface area contributed by atoms with Crippen LogP contribution in [0.15, 0.2) is 24.3 Å². The molecule has 35 heavy (non-hydrogen) atoms. The first kappa shape index (κ1) is 30.6. The van der Waals surface area contributed by atoms with Crippen LogP contribution in [0.3, 0.4) is 0 Å². The fraction of sp³-hybridized carbons (Fsp3) is 0.680. The maximum absolute atomic E-state index is 12.9. The fourth-order valence-electron chi connectivity index (χ4n) is 2.82. The monoisotopic (exact) mass is 503 g/mol. The summed E-state index contributed by atoms with van der Waals surface area (Å²) in [6.07, 6.45) is -1.59. The number of nitrogens with zero attached hydrogens (tertiary/aromatic N) is 1. The Hall–Kier alpha value is -2.46. The molecule has 1 N–H and O–H groups in total. The number of hydrogen-bond acceptors (Lipinski definition) is 6. The molecule has 0 radical (unpaired) electrons. The maximum atomic E-state index is 12.9. The fourth-order valence-corrected chi connectivity index (χ4v) is 2.82. The molecule has 1 unspecified atom stereocenters. The Morgan fingerprint density at radius 3 is 2.20 bits per heavy atom. The van der Waals surface area contributed by atoms with Gasteiger partial charge in [-0.3, -0.25) is 0 Å². The number of alkyl halides is 2. The third kappa shape index (κ3) is 14.5. The van der Waals surface area contributed by atoms with Gasteiger partial charge in [-0.1, -0.05) is 32.9 Å². The average molecular weight is 504 g/mol. The second kappa shape index (κ2) is 14.8. The van der Waals surface area contributed by atoms with Crippen LogP contribution in [-0.4, -0.2) is 80.2 Å². The van der Waals surface area contributed by atoms with Crippen LogP contribution < -0.4 is 4.74 Å². The SMILES string of the molecule is CCOC(Cc1ccc(OCCN(CCOCCC(C)(F)F)C(=O)OCC(C)(C)C)cc1)C(=O)O. The van der Waals surface area contributed by atoms with Gasteiger partial charge in [-0.25, -0.2) is 18.4 Å². The van der Waals surface area contributed by atoms with Gasteiger partial charge in [0.15, 0.2) is 6.10 Å². The maximum Gasteiger partial charge on any atom is 0.409 e.